The van der Waals surface area contributed by atoms with E-state index in [1.807, 2.05) is 18.2 Å². The topological polar surface area (TPSA) is 38.3 Å². The largest absolute Gasteiger partial charge is 0.380 e. The quantitative estimate of drug-likeness (QED) is 0.925. The molecule has 0 radical (unpaired) electrons. The number of rotatable bonds is 4. The van der Waals surface area contributed by atoms with Crippen LogP contribution in [-0.2, 0) is 11.3 Å². The first-order valence-electron chi connectivity index (χ1n) is 6.25. The van der Waals surface area contributed by atoms with Gasteiger partial charge in [0.05, 0.1) is 6.61 Å². The van der Waals surface area contributed by atoms with Crippen molar-refractivity contribution < 1.29 is 13.9 Å². The third kappa shape index (κ3) is 3.42. The van der Waals surface area contributed by atoms with Crippen LogP contribution in [-0.4, -0.2) is 13.0 Å². The van der Waals surface area contributed by atoms with Crippen LogP contribution in [0.3, 0.4) is 0 Å². The Hall–Kier alpha value is -2.20. The summed E-state index contributed by atoms with van der Waals surface area (Å²) in [5.74, 6) is -0.577. The van der Waals surface area contributed by atoms with Gasteiger partial charge in [-0.25, -0.2) is 4.39 Å². The summed E-state index contributed by atoms with van der Waals surface area (Å²) in [6.45, 7) is 2.12. The Morgan fingerprint density at radius 2 is 2.05 bits per heavy atom. The monoisotopic (exact) mass is 273 g/mol. The van der Waals surface area contributed by atoms with E-state index in [0.29, 0.717) is 23.4 Å². The van der Waals surface area contributed by atoms with Gasteiger partial charge in [-0.2, -0.15) is 0 Å². The van der Waals surface area contributed by atoms with Gasteiger partial charge in [0.15, 0.2) is 0 Å². The van der Waals surface area contributed by atoms with E-state index in [1.54, 1.807) is 20.1 Å². The first-order valence-corrected chi connectivity index (χ1v) is 6.25. The summed E-state index contributed by atoms with van der Waals surface area (Å²) in [5, 5.41) is 2.79. The number of methoxy groups -OCH3 is 1. The second-order valence-electron chi connectivity index (χ2n) is 4.55. The molecule has 0 unspecified atom stereocenters. The molecule has 0 saturated carbocycles. The van der Waals surface area contributed by atoms with E-state index in [0.717, 1.165) is 5.56 Å². The molecule has 3 nitrogen and oxygen atoms in total. The van der Waals surface area contributed by atoms with Crippen molar-refractivity contribution in [2.24, 2.45) is 0 Å². The summed E-state index contributed by atoms with van der Waals surface area (Å²) in [6.07, 6.45) is 0. The third-order valence-electron chi connectivity index (χ3n) is 2.92. The molecule has 2 rings (SSSR count). The molecule has 0 aliphatic rings. The average molecular weight is 273 g/mol. The molecule has 0 bridgehead atoms. The molecule has 1 N–H and O–H groups in total. The molecule has 0 aromatic heterocycles. The number of ether oxygens (including phenoxy) is 1. The zero-order chi connectivity index (χ0) is 14.5. The van der Waals surface area contributed by atoms with Gasteiger partial charge in [-0.05, 0) is 48.4 Å². The van der Waals surface area contributed by atoms with Gasteiger partial charge in [0.25, 0.3) is 5.91 Å². The van der Waals surface area contributed by atoms with Crippen LogP contribution in [0.15, 0.2) is 42.5 Å². The van der Waals surface area contributed by atoms with Gasteiger partial charge in [-0.15, -0.1) is 0 Å². The van der Waals surface area contributed by atoms with E-state index in [4.69, 9.17) is 4.74 Å². The number of carbonyl (C=O) groups excluding carboxylic acids is 1. The maximum absolute atomic E-state index is 13.2. The fraction of sp³-hybridized carbons (Fsp3) is 0.188. The zero-order valence-corrected chi connectivity index (χ0v) is 11.4. The van der Waals surface area contributed by atoms with E-state index in [-0.39, 0.29) is 11.7 Å². The van der Waals surface area contributed by atoms with Crippen LogP contribution >= 0.6 is 0 Å². The summed E-state index contributed by atoms with van der Waals surface area (Å²) >= 11 is 0. The second-order valence-corrected chi connectivity index (χ2v) is 4.55. The fourth-order valence-electron chi connectivity index (χ4n) is 1.89. The Balaban J connectivity index is 2.14. The second kappa shape index (κ2) is 6.30. The Labute approximate surface area is 117 Å². The Kier molecular flexibility index (Phi) is 4.48. The van der Waals surface area contributed by atoms with Crippen molar-refractivity contribution in [3.05, 3.63) is 65.0 Å². The minimum absolute atomic E-state index is 0.261. The van der Waals surface area contributed by atoms with Gasteiger partial charge in [-0.3, -0.25) is 4.79 Å². The number of aryl methyl sites for hydroxylation is 1. The Bertz CT molecular complexity index is 626. The van der Waals surface area contributed by atoms with Gasteiger partial charge >= 0.3 is 0 Å². The number of anilines is 1. The molecule has 0 fully saturated rings. The lowest BCUT2D eigenvalue weighted by Crippen LogP contribution is -2.12. The first-order chi connectivity index (χ1) is 9.60. The molecule has 0 aliphatic heterocycles. The van der Waals surface area contributed by atoms with Crippen LogP contribution < -0.4 is 5.32 Å². The molecule has 0 spiro atoms. The van der Waals surface area contributed by atoms with Crippen molar-refractivity contribution in [3.63, 3.8) is 0 Å². The first kappa shape index (κ1) is 14.2. The van der Waals surface area contributed by atoms with Crippen LogP contribution in [0, 0.1) is 12.7 Å². The molecule has 0 heterocycles. The van der Waals surface area contributed by atoms with Crippen molar-refractivity contribution in [3.8, 4) is 0 Å². The molecule has 2 aromatic rings. The molecule has 2 aromatic carbocycles. The molecular weight excluding hydrogens is 257 g/mol. The number of carbonyl (C=O) groups is 1. The van der Waals surface area contributed by atoms with Gasteiger partial charge in [0.1, 0.15) is 5.82 Å². The highest BCUT2D eigenvalue weighted by Gasteiger charge is 2.08. The van der Waals surface area contributed by atoms with E-state index in [2.05, 4.69) is 5.32 Å². The van der Waals surface area contributed by atoms with Crippen LogP contribution in [0.5, 0.6) is 0 Å². The number of benzene rings is 2. The lowest BCUT2D eigenvalue weighted by Gasteiger charge is -2.08. The molecule has 104 valence electrons. The highest BCUT2D eigenvalue weighted by atomic mass is 19.1. The third-order valence-corrected chi connectivity index (χ3v) is 2.92. The minimum atomic E-state index is -0.316. The van der Waals surface area contributed by atoms with Crippen LogP contribution in [0.4, 0.5) is 10.1 Å². The summed E-state index contributed by atoms with van der Waals surface area (Å²) in [5.41, 5.74) is 2.54. The molecule has 0 saturated heterocycles. The normalized spacial score (nSPS) is 10.3. The minimum Gasteiger partial charge on any atom is -0.380 e. The van der Waals surface area contributed by atoms with Crippen LogP contribution in [0.2, 0.25) is 0 Å². The average Bonchev–Trinajstić information content (AvgIpc) is 2.42. The predicted molar refractivity (Wildman–Crippen MR) is 76.2 cm³/mol. The van der Waals surface area contributed by atoms with Gasteiger partial charge in [0, 0.05) is 18.4 Å². The highest BCUT2D eigenvalue weighted by Crippen LogP contribution is 2.14. The molecule has 1 amide bonds. The molecule has 0 aliphatic carbocycles. The Morgan fingerprint density at radius 1 is 1.25 bits per heavy atom. The number of amides is 1. The van der Waals surface area contributed by atoms with Crippen LogP contribution in [0.1, 0.15) is 21.5 Å². The number of hydrogen-bond donors (Lipinski definition) is 1. The van der Waals surface area contributed by atoms with Crippen molar-refractivity contribution >= 4 is 11.6 Å². The molecular formula is C16H16FNO2. The predicted octanol–water partition coefficient (Wildman–Crippen LogP) is 3.53. The molecule has 0 atom stereocenters. The van der Waals surface area contributed by atoms with E-state index in [9.17, 15) is 9.18 Å². The summed E-state index contributed by atoms with van der Waals surface area (Å²) in [7, 11) is 1.62. The molecule has 20 heavy (non-hydrogen) atoms. The van der Waals surface area contributed by atoms with Gasteiger partial charge in [-0.1, -0.05) is 12.1 Å². The standard InChI is InChI=1S/C16H16FNO2/c1-11-8-13(6-7-15(11)17)16(19)18-14-5-3-4-12(9-14)10-20-2/h3-9H,10H2,1-2H3,(H,18,19). The van der Waals surface area contributed by atoms with Crippen molar-refractivity contribution in [1.29, 1.82) is 0 Å². The molecule has 4 heteroatoms. The lowest BCUT2D eigenvalue weighted by molar-refractivity contribution is 0.102. The number of nitrogens with one attached hydrogen (secondary N) is 1. The van der Waals surface area contributed by atoms with Crippen molar-refractivity contribution in [2.75, 3.05) is 12.4 Å². The van der Waals surface area contributed by atoms with Crippen LogP contribution in [0.25, 0.3) is 0 Å². The Morgan fingerprint density at radius 3 is 2.75 bits per heavy atom. The van der Waals surface area contributed by atoms with Gasteiger partial charge < -0.3 is 10.1 Å². The van der Waals surface area contributed by atoms with Crippen molar-refractivity contribution in [1.82, 2.24) is 0 Å². The SMILES string of the molecule is COCc1cccc(NC(=O)c2ccc(F)c(C)c2)c1. The zero-order valence-electron chi connectivity index (χ0n) is 11.4. The maximum atomic E-state index is 13.2. The van der Waals surface area contributed by atoms with E-state index >= 15 is 0 Å². The maximum Gasteiger partial charge on any atom is 0.255 e. The number of hydrogen-bond acceptors (Lipinski definition) is 2. The van der Waals surface area contributed by atoms with E-state index < -0.39 is 0 Å². The van der Waals surface area contributed by atoms with E-state index in [1.165, 1.54) is 18.2 Å². The fourth-order valence-corrected chi connectivity index (χ4v) is 1.89. The smallest absolute Gasteiger partial charge is 0.255 e. The summed E-state index contributed by atoms with van der Waals surface area (Å²) in [4.78, 5) is 12.1. The van der Waals surface area contributed by atoms with Crippen molar-refractivity contribution in [2.45, 2.75) is 13.5 Å². The number of halogens is 1. The summed E-state index contributed by atoms with van der Waals surface area (Å²) in [6, 6.07) is 11.7. The lowest BCUT2D eigenvalue weighted by atomic mass is 10.1. The summed E-state index contributed by atoms with van der Waals surface area (Å²) < 4.78 is 18.2. The van der Waals surface area contributed by atoms with Gasteiger partial charge in [0.2, 0.25) is 0 Å². The highest BCUT2D eigenvalue weighted by molar-refractivity contribution is 6.04.